The highest BCUT2D eigenvalue weighted by atomic mass is 16.2. The largest absolute Gasteiger partial charge is 0.364 e. The van der Waals surface area contributed by atoms with Crippen molar-refractivity contribution < 1.29 is 9.59 Å². The number of hydrogen-bond donors (Lipinski definition) is 1. The zero-order chi connectivity index (χ0) is 20.8. The van der Waals surface area contributed by atoms with Gasteiger partial charge in [-0.05, 0) is 31.4 Å². The van der Waals surface area contributed by atoms with E-state index in [1.54, 1.807) is 11.2 Å². The molecular weight excluding hydrogens is 368 g/mol. The lowest BCUT2D eigenvalue weighted by atomic mass is 9.94. The second-order valence-electron chi connectivity index (χ2n) is 7.06. The van der Waals surface area contributed by atoms with Gasteiger partial charge >= 0.3 is 0 Å². The Kier molecular flexibility index (Phi) is 6.54. The molecule has 2 N–H and O–H groups in total. The first-order valence-electron chi connectivity index (χ1n) is 9.72. The lowest BCUT2D eigenvalue weighted by Gasteiger charge is -2.33. The number of hydrazone groups is 1. The average molecular weight is 394 g/mol. The summed E-state index contributed by atoms with van der Waals surface area (Å²) in [6.45, 7) is 7.31. The molecular formula is C21H26N6O2. The Morgan fingerprint density at radius 2 is 2.03 bits per heavy atom. The first-order valence-corrected chi connectivity index (χ1v) is 9.72. The molecule has 1 saturated heterocycles. The Morgan fingerprint density at radius 3 is 2.72 bits per heavy atom. The fourth-order valence-electron chi connectivity index (χ4n) is 3.49. The summed E-state index contributed by atoms with van der Waals surface area (Å²) in [6.07, 6.45) is 13.0. The lowest BCUT2D eigenvalue weighted by Crippen LogP contribution is -2.43. The van der Waals surface area contributed by atoms with Gasteiger partial charge in [0.1, 0.15) is 5.69 Å². The number of carbonyl (C=O) groups excluding carboxylic acids is 2. The van der Waals surface area contributed by atoms with Gasteiger partial charge in [-0.1, -0.05) is 30.9 Å². The molecule has 0 bridgehead atoms. The number of allylic oxidation sites excluding steroid dienone is 3. The lowest BCUT2D eigenvalue weighted by molar-refractivity contribution is -0.137. The van der Waals surface area contributed by atoms with Crippen LogP contribution in [0.2, 0.25) is 0 Å². The van der Waals surface area contributed by atoms with Crippen LogP contribution >= 0.6 is 0 Å². The van der Waals surface area contributed by atoms with Crippen LogP contribution in [0.4, 0.5) is 5.95 Å². The molecule has 2 amide bonds. The Morgan fingerprint density at radius 1 is 1.28 bits per heavy atom. The zero-order valence-electron chi connectivity index (χ0n) is 16.6. The summed E-state index contributed by atoms with van der Waals surface area (Å²) in [6, 6.07) is 1.36. The Bertz CT molecular complexity index is 868. The Hall–Kier alpha value is -3.29. The van der Waals surface area contributed by atoms with Crippen LogP contribution in [0.15, 0.2) is 53.8 Å². The van der Waals surface area contributed by atoms with Crippen LogP contribution in [0.1, 0.15) is 36.7 Å². The van der Waals surface area contributed by atoms with Gasteiger partial charge in [-0.25, -0.2) is 15.0 Å². The van der Waals surface area contributed by atoms with Crippen molar-refractivity contribution in [3.05, 3.63) is 54.4 Å². The first-order chi connectivity index (χ1) is 14.0. The molecule has 1 atom stereocenters. The average Bonchev–Trinajstić information content (AvgIpc) is 3.23. The molecule has 0 radical (unpaired) electrons. The van der Waals surface area contributed by atoms with Gasteiger partial charge in [-0.3, -0.25) is 9.59 Å². The minimum absolute atomic E-state index is 0.0239. The van der Waals surface area contributed by atoms with E-state index < -0.39 is 5.91 Å². The molecule has 0 aliphatic carbocycles. The van der Waals surface area contributed by atoms with Gasteiger partial charge in [0.25, 0.3) is 5.91 Å². The number of aromatic nitrogens is 2. The highest BCUT2D eigenvalue weighted by Crippen LogP contribution is 2.27. The SMILES string of the molecule is C=C(/C=C\C=C/C)[C@@H]1CC=NN1C(=O)C1CCN(c2nccc(C(N)=O)n2)CC1. The van der Waals surface area contributed by atoms with Gasteiger partial charge in [-0.2, -0.15) is 5.10 Å². The summed E-state index contributed by atoms with van der Waals surface area (Å²) in [5.41, 5.74) is 6.34. The van der Waals surface area contributed by atoms with E-state index in [0.717, 1.165) is 5.57 Å². The van der Waals surface area contributed by atoms with Crippen molar-refractivity contribution in [2.75, 3.05) is 18.0 Å². The van der Waals surface area contributed by atoms with Crippen LogP contribution in [0.3, 0.4) is 0 Å². The molecule has 2 aliphatic heterocycles. The second kappa shape index (κ2) is 9.27. The molecule has 3 heterocycles. The van der Waals surface area contributed by atoms with Gasteiger partial charge < -0.3 is 10.6 Å². The van der Waals surface area contributed by atoms with Crippen molar-refractivity contribution >= 4 is 24.0 Å². The van der Waals surface area contributed by atoms with E-state index in [1.807, 2.05) is 36.1 Å². The fourth-order valence-corrected chi connectivity index (χ4v) is 3.49. The highest BCUT2D eigenvalue weighted by Gasteiger charge is 2.35. The van der Waals surface area contributed by atoms with Crippen LogP contribution in [0, 0.1) is 5.92 Å². The maximum atomic E-state index is 13.1. The van der Waals surface area contributed by atoms with E-state index in [0.29, 0.717) is 38.3 Å². The molecule has 0 aromatic carbocycles. The second-order valence-corrected chi connectivity index (χ2v) is 7.06. The number of rotatable bonds is 6. The van der Waals surface area contributed by atoms with E-state index in [9.17, 15) is 9.59 Å². The molecule has 29 heavy (non-hydrogen) atoms. The van der Waals surface area contributed by atoms with E-state index in [-0.39, 0.29) is 23.6 Å². The van der Waals surface area contributed by atoms with Gasteiger partial charge in [0.15, 0.2) is 0 Å². The summed E-state index contributed by atoms with van der Waals surface area (Å²) < 4.78 is 0. The predicted octanol–water partition coefficient (Wildman–Crippen LogP) is 2.07. The van der Waals surface area contributed by atoms with Crippen LogP contribution < -0.4 is 10.6 Å². The smallest absolute Gasteiger partial charge is 0.267 e. The van der Waals surface area contributed by atoms with E-state index >= 15 is 0 Å². The monoisotopic (exact) mass is 394 g/mol. The number of piperidine rings is 1. The molecule has 1 fully saturated rings. The summed E-state index contributed by atoms with van der Waals surface area (Å²) in [5.74, 6) is -0.210. The molecule has 152 valence electrons. The topological polar surface area (TPSA) is 105 Å². The number of anilines is 1. The third-order valence-corrected chi connectivity index (χ3v) is 5.12. The normalized spacial score (nSPS) is 20.1. The van der Waals surface area contributed by atoms with E-state index in [4.69, 9.17) is 5.73 Å². The number of nitrogens with two attached hydrogens (primary N) is 1. The van der Waals surface area contributed by atoms with Crippen molar-refractivity contribution in [3.63, 3.8) is 0 Å². The minimum Gasteiger partial charge on any atom is -0.364 e. The van der Waals surface area contributed by atoms with Gasteiger partial charge in [0.2, 0.25) is 11.9 Å². The Balaban J connectivity index is 1.61. The van der Waals surface area contributed by atoms with Crippen LogP contribution in [0.5, 0.6) is 0 Å². The molecule has 0 saturated carbocycles. The van der Waals surface area contributed by atoms with Gasteiger partial charge in [0, 0.05) is 37.8 Å². The zero-order valence-corrected chi connectivity index (χ0v) is 16.6. The fraction of sp³-hybridized carbons (Fsp3) is 0.381. The van der Waals surface area contributed by atoms with E-state index in [1.165, 1.54) is 12.3 Å². The number of nitrogens with zero attached hydrogens (tertiary/aromatic N) is 5. The quantitative estimate of drug-likeness (QED) is 0.744. The summed E-state index contributed by atoms with van der Waals surface area (Å²) in [7, 11) is 0. The maximum Gasteiger partial charge on any atom is 0.267 e. The molecule has 3 rings (SSSR count). The van der Waals surface area contributed by atoms with E-state index in [2.05, 4.69) is 21.6 Å². The van der Waals surface area contributed by atoms with Crippen molar-refractivity contribution in [3.8, 4) is 0 Å². The minimum atomic E-state index is -0.583. The molecule has 2 aliphatic rings. The van der Waals surface area contributed by atoms with Crippen LogP contribution in [-0.4, -0.2) is 52.1 Å². The molecule has 0 unspecified atom stereocenters. The van der Waals surface area contributed by atoms with Crippen LogP contribution in [0.25, 0.3) is 0 Å². The molecule has 8 heteroatoms. The summed E-state index contributed by atoms with van der Waals surface area (Å²) >= 11 is 0. The number of hydrogen-bond acceptors (Lipinski definition) is 6. The molecule has 8 nitrogen and oxygen atoms in total. The molecule has 1 aromatic heterocycles. The third kappa shape index (κ3) is 4.77. The number of amides is 2. The third-order valence-electron chi connectivity index (χ3n) is 5.12. The predicted molar refractivity (Wildman–Crippen MR) is 112 cm³/mol. The first kappa shape index (κ1) is 20.4. The highest BCUT2D eigenvalue weighted by molar-refractivity contribution is 5.90. The van der Waals surface area contributed by atoms with Crippen molar-refractivity contribution in [2.45, 2.75) is 32.2 Å². The standard InChI is InChI=1S/C21H26N6O2/c1-3-4-5-6-15(2)18-8-12-24-27(18)20(29)16-9-13-26(14-10-16)21-23-11-7-17(25-21)19(22)28/h3-7,11-12,16,18H,2,8-10,13-14H2,1H3,(H2,22,28)/b4-3-,6-5-/t18-/m0/s1. The summed E-state index contributed by atoms with van der Waals surface area (Å²) in [5, 5.41) is 5.88. The number of primary amides is 1. The van der Waals surface area contributed by atoms with Gasteiger partial charge in [-0.15, -0.1) is 0 Å². The van der Waals surface area contributed by atoms with Crippen molar-refractivity contribution in [1.29, 1.82) is 0 Å². The van der Waals surface area contributed by atoms with Crippen molar-refractivity contribution in [2.24, 2.45) is 16.8 Å². The van der Waals surface area contributed by atoms with Gasteiger partial charge in [0.05, 0.1) is 6.04 Å². The Labute approximate surface area is 170 Å². The van der Waals surface area contributed by atoms with Crippen LogP contribution in [-0.2, 0) is 4.79 Å². The number of carbonyl (C=O) groups is 2. The maximum absolute atomic E-state index is 13.1. The molecule has 1 aromatic rings. The van der Waals surface area contributed by atoms with Crippen molar-refractivity contribution in [1.82, 2.24) is 15.0 Å². The summed E-state index contributed by atoms with van der Waals surface area (Å²) in [4.78, 5) is 34.8. The molecule has 0 spiro atoms.